The van der Waals surface area contributed by atoms with E-state index in [4.69, 9.17) is 11.6 Å². The van der Waals surface area contributed by atoms with Crippen molar-refractivity contribution < 1.29 is 13.2 Å². The van der Waals surface area contributed by atoms with Crippen molar-refractivity contribution in [3.8, 4) is 0 Å². The Hall–Kier alpha value is -2.83. The Balaban J connectivity index is 1.73. The summed E-state index contributed by atoms with van der Waals surface area (Å²) in [6.07, 6.45) is 0. The highest BCUT2D eigenvalue weighted by Crippen LogP contribution is 2.19. The van der Waals surface area contributed by atoms with E-state index < -0.39 is 10.0 Å². The van der Waals surface area contributed by atoms with Crippen molar-refractivity contribution in [1.82, 2.24) is 5.32 Å². The quantitative estimate of drug-likeness (QED) is 0.617. The number of rotatable bonds is 6. The Morgan fingerprint density at radius 3 is 2.29 bits per heavy atom. The zero-order valence-electron chi connectivity index (χ0n) is 15.1. The average molecular weight is 415 g/mol. The molecule has 3 rings (SSSR count). The van der Waals surface area contributed by atoms with Crippen LogP contribution in [0.5, 0.6) is 0 Å². The summed E-state index contributed by atoms with van der Waals surface area (Å²) in [5, 5.41) is 3.52. The normalized spacial score (nSPS) is 12.2. The number of halogens is 1. The van der Waals surface area contributed by atoms with Gasteiger partial charge in [-0.05, 0) is 55.0 Å². The van der Waals surface area contributed by atoms with Crippen LogP contribution in [0.1, 0.15) is 28.9 Å². The molecule has 1 amide bonds. The smallest absolute Gasteiger partial charge is 0.261 e. The molecule has 2 N–H and O–H groups in total. The van der Waals surface area contributed by atoms with Crippen LogP contribution in [-0.4, -0.2) is 14.3 Å². The molecule has 0 bridgehead atoms. The van der Waals surface area contributed by atoms with E-state index in [9.17, 15) is 13.2 Å². The van der Waals surface area contributed by atoms with Crippen LogP contribution in [0.15, 0.2) is 83.8 Å². The highest BCUT2D eigenvalue weighted by molar-refractivity contribution is 7.92. The fraction of sp³-hybridized carbons (Fsp3) is 0.0952. The van der Waals surface area contributed by atoms with Crippen LogP contribution in [0.2, 0.25) is 5.02 Å². The van der Waals surface area contributed by atoms with Crippen LogP contribution >= 0.6 is 11.6 Å². The van der Waals surface area contributed by atoms with Gasteiger partial charge in [0.15, 0.2) is 0 Å². The van der Waals surface area contributed by atoms with Gasteiger partial charge >= 0.3 is 0 Å². The van der Waals surface area contributed by atoms with Crippen molar-refractivity contribution >= 4 is 33.2 Å². The molecule has 0 radical (unpaired) electrons. The molecule has 0 aliphatic heterocycles. The van der Waals surface area contributed by atoms with Gasteiger partial charge in [-0.1, -0.05) is 48.0 Å². The zero-order valence-corrected chi connectivity index (χ0v) is 16.7. The predicted octanol–water partition coefficient (Wildman–Crippen LogP) is 4.63. The largest absolute Gasteiger partial charge is 0.346 e. The van der Waals surface area contributed by atoms with Crippen molar-refractivity contribution in [2.75, 3.05) is 4.72 Å². The van der Waals surface area contributed by atoms with E-state index in [1.165, 1.54) is 18.2 Å². The van der Waals surface area contributed by atoms with Crippen LogP contribution in [0.25, 0.3) is 0 Å². The summed E-state index contributed by atoms with van der Waals surface area (Å²) < 4.78 is 27.4. The summed E-state index contributed by atoms with van der Waals surface area (Å²) in [4.78, 5) is 12.7. The van der Waals surface area contributed by atoms with Gasteiger partial charge in [0.25, 0.3) is 15.9 Å². The third kappa shape index (κ3) is 4.91. The SMILES string of the molecule is C[C@H](NC(=O)c1cccc(NS(=O)(=O)c2ccccc2)c1)c1ccc(Cl)cc1. The van der Waals surface area contributed by atoms with Crippen molar-refractivity contribution in [1.29, 1.82) is 0 Å². The molecule has 1 atom stereocenters. The van der Waals surface area contributed by atoms with Crippen molar-refractivity contribution in [2.24, 2.45) is 0 Å². The minimum absolute atomic E-state index is 0.154. The number of anilines is 1. The molecule has 0 aliphatic carbocycles. The van der Waals surface area contributed by atoms with Gasteiger partial charge in [-0.15, -0.1) is 0 Å². The molecule has 0 aliphatic rings. The maximum atomic E-state index is 12.6. The third-order valence-electron chi connectivity index (χ3n) is 4.15. The summed E-state index contributed by atoms with van der Waals surface area (Å²) in [5.74, 6) is -0.303. The lowest BCUT2D eigenvalue weighted by atomic mass is 10.1. The van der Waals surface area contributed by atoms with Gasteiger partial charge in [0, 0.05) is 16.3 Å². The topological polar surface area (TPSA) is 75.3 Å². The van der Waals surface area contributed by atoms with Gasteiger partial charge in [0.1, 0.15) is 0 Å². The van der Waals surface area contributed by atoms with E-state index in [1.54, 1.807) is 48.5 Å². The van der Waals surface area contributed by atoms with Crippen molar-refractivity contribution in [2.45, 2.75) is 17.9 Å². The minimum atomic E-state index is -3.72. The molecule has 0 fully saturated rings. The van der Waals surface area contributed by atoms with E-state index in [1.807, 2.05) is 19.1 Å². The van der Waals surface area contributed by atoms with Gasteiger partial charge in [-0.25, -0.2) is 8.42 Å². The van der Waals surface area contributed by atoms with Crippen LogP contribution in [0.3, 0.4) is 0 Å². The number of carbonyl (C=O) groups excluding carboxylic acids is 1. The first kappa shape index (κ1) is 19.9. The molecule has 0 saturated carbocycles. The summed E-state index contributed by atoms with van der Waals surface area (Å²) >= 11 is 5.89. The molecule has 3 aromatic carbocycles. The minimum Gasteiger partial charge on any atom is -0.346 e. The average Bonchev–Trinajstić information content (AvgIpc) is 2.69. The van der Waals surface area contributed by atoms with Crippen molar-refractivity contribution in [3.05, 3.63) is 95.0 Å². The number of carbonyl (C=O) groups is 1. The third-order valence-corrected chi connectivity index (χ3v) is 5.80. The molecule has 0 unspecified atom stereocenters. The molecule has 3 aromatic rings. The molecule has 7 heteroatoms. The first-order valence-electron chi connectivity index (χ1n) is 8.59. The lowest BCUT2D eigenvalue weighted by Gasteiger charge is -2.15. The highest BCUT2D eigenvalue weighted by Gasteiger charge is 2.16. The lowest BCUT2D eigenvalue weighted by Crippen LogP contribution is -2.26. The maximum absolute atomic E-state index is 12.6. The van der Waals surface area contributed by atoms with E-state index >= 15 is 0 Å². The molecular formula is C21H19ClN2O3S. The van der Waals surface area contributed by atoms with Gasteiger partial charge in [0.05, 0.1) is 10.9 Å². The summed E-state index contributed by atoms with van der Waals surface area (Å²) in [5.41, 5.74) is 1.59. The second-order valence-corrected chi connectivity index (χ2v) is 8.36. The van der Waals surface area contributed by atoms with E-state index in [2.05, 4.69) is 10.0 Å². The first-order chi connectivity index (χ1) is 13.3. The van der Waals surface area contributed by atoms with Crippen LogP contribution in [0.4, 0.5) is 5.69 Å². The molecule has 0 heterocycles. The van der Waals surface area contributed by atoms with Gasteiger partial charge in [-0.2, -0.15) is 0 Å². The molecule has 0 aromatic heterocycles. The molecule has 0 saturated heterocycles. The van der Waals surface area contributed by atoms with E-state index in [0.29, 0.717) is 16.3 Å². The Kier molecular flexibility index (Phi) is 6.02. The summed E-state index contributed by atoms with van der Waals surface area (Å²) in [6, 6.07) is 21.4. The lowest BCUT2D eigenvalue weighted by molar-refractivity contribution is 0.0940. The highest BCUT2D eigenvalue weighted by atomic mass is 35.5. The Labute approximate surface area is 169 Å². The molecular weight excluding hydrogens is 396 g/mol. The van der Waals surface area contributed by atoms with Crippen molar-refractivity contribution in [3.63, 3.8) is 0 Å². The standard InChI is InChI=1S/C21H19ClN2O3S/c1-15(16-10-12-18(22)13-11-16)23-21(25)17-6-5-7-19(14-17)24-28(26,27)20-8-3-2-4-9-20/h2-15,24H,1H3,(H,23,25)/t15-/m0/s1. The second-order valence-electron chi connectivity index (χ2n) is 6.25. The predicted molar refractivity (Wildman–Crippen MR) is 111 cm³/mol. The Morgan fingerprint density at radius 2 is 1.61 bits per heavy atom. The fourth-order valence-electron chi connectivity index (χ4n) is 2.65. The molecule has 5 nitrogen and oxygen atoms in total. The number of benzene rings is 3. The monoisotopic (exact) mass is 414 g/mol. The number of hydrogen-bond acceptors (Lipinski definition) is 3. The second kappa shape index (κ2) is 8.46. The van der Waals surface area contributed by atoms with Gasteiger partial charge in [-0.3, -0.25) is 9.52 Å². The molecule has 0 spiro atoms. The number of sulfonamides is 1. The van der Waals surface area contributed by atoms with E-state index in [0.717, 1.165) is 5.56 Å². The van der Waals surface area contributed by atoms with Gasteiger partial charge < -0.3 is 5.32 Å². The first-order valence-corrected chi connectivity index (χ1v) is 10.5. The number of nitrogens with one attached hydrogen (secondary N) is 2. The van der Waals surface area contributed by atoms with Crippen LogP contribution < -0.4 is 10.0 Å². The molecule has 144 valence electrons. The Morgan fingerprint density at radius 1 is 0.929 bits per heavy atom. The van der Waals surface area contributed by atoms with E-state index in [-0.39, 0.29) is 16.8 Å². The van der Waals surface area contributed by atoms with Gasteiger partial charge in [0.2, 0.25) is 0 Å². The Bertz CT molecular complexity index is 1070. The zero-order chi connectivity index (χ0) is 20.1. The van der Waals surface area contributed by atoms with Crippen LogP contribution in [-0.2, 0) is 10.0 Å². The summed E-state index contributed by atoms with van der Waals surface area (Å²) in [6.45, 7) is 1.86. The maximum Gasteiger partial charge on any atom is 0.261 e. The number of hydrogen-bond donors (Lipinski definition) is 2. The summed E-state index contributed by atoms with van der Waals surface area (Å²) in [7, 11) is -3.72. The number of amides is 1. The fourth-order valence-corrected chi connectivity index (χ4v) is 3.85. The van der Waals surface area contributed by atoms with Crippen LogP contribution in [0, 0.1) is 0 Å². The molecule has 28 heavy (non-hydrogen) atoms.